The van der Waals surface area contributed by atoms with Crippen LogP contribution in [-0.2, 0) is 13.0 Å². The van der Waals surface area contributed by atoms with Crippen molar-refractivity contribution >= 4 is 5.69 Å². The van der Waals surface area contributed by atoms with Gasteiger partial charge in [0.2, 0.25) is 0 Å². The van der Waals surface area contributed by atoms with E-state index >= 15 is 0 Å². The third kappa shape index (κ3) is 2.77. The molecule has 0 amide bonds. The van der Waals surface area contributed by atoms with Crippen LogP contribution in [0.1, 0.15) is 17.5 Å². The van der Waals surface area contributed by atoms with Crippen LogP contribution in [0.15, 0.2) is 18.2 Å². The number of likely N-dealkylation sites (tertiary alicyclic amines) is 1. The van der Waals surface area contributed by atoms with Gasteiger partial charge in [0, 0.05) is 32.4 Å². The topological polar surface area (TPSA) is 18.5 Å². The van der Waals surface area contributed by atoms with E-state index in [2.05, 4.69) is 47.4 Å². The summed E-state index contributed by atoms with van der Waals surface area (Å²) in [6, 6.07) is 6.79. The summed E-state index contributed by atoms with van der Waals surface area (Å²) in [5.41, 5.74) is 4.48. The zero-order chi connectivity index (χ0) is 13.2. The van der Waals surface area contributed by atoms with Gasteiger partial charge in [-0.2, -0.15) is 0 Å². The molecule has 0 radical (unpaired) electrons. The Morgan fingerprint density at radius 2 is 2.32 bits per heavy atom. The minimum absolute atomic E-state index is 0.822. The summed E-state index contributed by atoms with van der Waals surface area (Å²) in [4.78, 5) is 4.91. The van der Waals surface area contributed by atoms with Gasteiger partial charge in [0.25, 0.3) is 0 Å². The van der Waals surface area contributed by atoms with Crippen LogP contribution in [0.5, 0.6) is 0 Å². The Bertz CT molecular complexity index is 444. The molecule has 0 saturated carbocycles. The third-order valence-electron chi connectivity index (χ3n) is 4.55. The van der Waals surface area contributed by atoms with Crippen molar-refractivity contribution in [2.75, 3.05) is 45.2 Å². The van der Waals surface area contributed by atoms with Gasteiger partial charge in [-0.05, 0) is 56.1 Å². The highest BCUT2D eigenvalue weighted by molar-refractivity contribution is 5.57. The maximum atomic E-state index is 3.50. The molecule has 3 heteroatoms. The van der Waals surface area contributed by atoms with E-state index in [1.165, 1.54) is 49.3 Å². The molecule has 3 nitrogen and oxygen atoms in total. The fraction of sp³-hybridized carbons (Fsp3) is 0.625. The first-order chi connectivity index (χ1) is 9.24. The van der Waals surface area contributed by atoms with Gasteiger partial charge < -0.3 is 15.1 Å². The molecule has 0 spiro atoms. The molecule has 104 valence electrons. The molecule has 3 rings (SSSR count). The zero-order valence-electron chi connectivity index (χ0n) is 12.2. The van der Waals surface area contributed by atoms with Crippen molar-refractivity contribution in [2.24, 2.45) is 5.92 Å². The lowest BCUT2D eigenvalue weighted by Gasteiger charge is -2.28. The molecule has 1 N–H and O–H groups in total. The van der Waals surface area contributed by atoms with Crippen LogP contribution >= 0.6 is 0 Å². The van der Waals surface area contributed by atoms with Crippen molar-refractivity contribution in [1.82, 2.24) is 10.2 Å². The largest absolute Gasteiger partial charge is 0.374 e. The van der Waals surface area contributed by atoms with E-state index in [0.717, 1.165) is 19.0 Å². The van der Waals surface area contributed by atoms with E-state index in [9.17, 15) is 0 Å². The SMILES string of the molecule is CN1CCC(CN(C)c2cccc3c2CNCC3)C1. The number of nitrogens with zero attached hydrogens (tertiary/aromatic N) is 2. The van der Waals surface area contributed by atoms with E-state index in [4.69, 9.17) is 0 Å². The highest BCUT2D eigenvalue weighted by atomic mass is 15.2. The minimum Gasteiger partial charge on any atom is -0.374 e. The summed E-state index contributed by atoms with van der Waals surface area (Å²) in [6.07, 6.45) is 2.51. The lowest BCUT2D eigenvalue weighted by atomic mass is 9.98. The highest BCUT2D eigenvalue weighted by Gasteiger charge is 2.22. The standard InChI is InChI=1S/C16H25N3/c1-18-9-7-13(11-18)12-19(2)16-5-3-4-14-6-8-17-10-15(14)16/h3-5,13,17H,6-12H2,1-2H3. The van der Waals surface area contributed by atoms with E-state index < -0.39 is 0 Å². The molecule has 1 aromatic rings. The minimum atomic E-state index is 0.822. The summed E-state index contributed by atoms with van der Waals surface area (Å²) in [7, 11) is 4.48. The molecule has 0 bridgehead atoms. The molecule has 1 atom stereocenters. The Morgan fingerprint density at radius 3 is 3.11 bits per heavy atom. The van der Waals surface area contributed by atoms with Crippen molar-refractivity contribution in [3.8, 4) is 0 Å². The quantitative estimate of drug-likeness (QED) is 0.892. The predicted molar refractivity (Wildman–Crippen MR) is 80.7 cm³/mol. The summed E-state index contributed by atoms with van der Waals surface area (Å²) >= 11 is 0. The second kappa shape index (κ2) is 5.51. The second-order valence-corrected chi connectivity index (χ2v) is 6.14. The Morgan fingerprint density at radius 1 is 1.42 bits per heavy atom. The highest BCUT2D eigenvalue weighted by Crippen LogP contribution is 2.27. The summed E-state index contributed by atoms with van der Waals surface area (Å²) in [6.45, 7) is 5.83. The maximum Gasteiger partial charge on any atom is 0.0412 e. The van der Waals surface area contributed by atoms with Gasteiger partial charge in [-0.3, -0.25) is 0 Å². The van der Waals surface area contributed by atoms with Crippen LogP contribution in [0, 0.1) is 5.92 Å². The molecular formula is C16H25N3. The van der Waals surface area contributed by atoms with Crippen LogP contribution in [0.2, 0.25) is 0 Å². The number of anilines is 1. The van der Waals surface area contributed by atoms with Gasteiger partial charge >= 0.3 is 0 Å². The zero-order valence-corrected chi connectivity index (χ0v) is 12.2. The van der Waals surface area contributed by atoms with Crippen molar-refractivity contribution < 1.29 is 0 Å². The van der Waals surface area contributed by atoms with E-state index in [1.54, 1.807) is 0 Å². The third-order valence-corrected chi connectivity index (χ3v) is 4.55. The number of hydrogen-bond donors (Lipinski definition) is 1. The number of rotatable bonds is 3. The first-order valence-corrected chi connectivity index (χ1v) is 7.45. The first kappa shape index (κ1) is 12.9. The van der Waals surface area contributed by atoms with Gasteiger partial charge in [0.1, 0.15) is 0 Å². The maximum absolute atomic E-state index is 3.50. The van der Waals surface area contributed by atoms with Gasteiger partial charge in [0.05, 0.1) is 0 Å². The lowest BCUT2D eigenvalue weighted by Crippen LogP contribution is -2.31. The number of nitrogens with one attached hydrogen (secondary N) is 1. The van der Waals surface area contributed by atoms with Crippen LogP contribution in [0.4, 0.5) is 5.69 Å². The fourth-order valence-electron chi connectivity index (χ4n) is 3.51. The molecule has 1 unspecified atom stereocenters. The molecule has 2 heterocycles. The smallest absolute Gasteiger partial charge is 0.0412 e. The van der Waals surface area contributed by atoms with Crippen molar-refractivity contribution in [2.45, 2.75) is 19.4 Å². The molecular weight excluding hydrogens is 234 g/mol. The normalized spacial score (nSPS) is 23.4. The Hall–Kier alpha value is -1.06. The van der Waals surface area contributed by atoms with Crippen molar-refractivity contribution in [3.05, 3.63) is 29.3 Å². The van der Waals surface area contributed by atoms with Crippen LogP contribution < -0.4 is 10.2 Å². The molecule has 0 aliphatic carbocycles. The number of hydrogen-bond acceptors (Lipinski definition) is 3. The molecule has 1 saturated heterocycles. The number of fused-ring (bicyclic) bond motifs is 1. The molecule has 0 aromatic heterocycles. The molecule has 1 aromatic carbocycles. The Labute approximate surface area is 116 Å². The molecule has 2 aliphatic heterocycles. The lowest BCUT2D eigenvalue weighted by molar-refractivity contribution is 0.396. The molecule has 19 heavy (non-hydrogen) atoms. The fourth-order valence-corrected chi connectivity index (χ4v) is 3.51. The average molecular weight is 259 g/mol. The van der Waals surface area contributed by atoms with Crippen molar-refractivity contribution in [1.29, 1.82) is 0 Å². The Kier molecular flexibility index (Phi) is 3.76. The first-order valence-electron chi connectivity index (χ1n) is 7.45. The summed E-state index contributed by atoms with van der Waals surface area (Å²) in [5.74, 6) is 0.822. The van der Waals surface area contributed by atoms with Crippen LogP contribution in [-0.4, -0.2) is 45.2 Å². The second-order valence-electron chi connectivity index (χ2n) is 6.14. The van der Waals surface area contributed by atoms with Gasteiger partial charge in [-0.15, -0.1) is 0 Å². The number of benzene rings is 1. The van der Waals surface area contributed by atoms with E-state index in [-0.39, 0.29) is 0 Å². The van der Waals surface area contributed by atoms with Gasteiger partial charge in [-0.25, -0.2) is 0 Å². The predicted octanol–water partition coefficient (Wildman–Crippen LogP) is 1.72. The van der Waals surface area contributed by atoms with Gasteiger partial charge in [0.15, 0.2) is 0 Å². The molecule has 1 fully saturated rings. The van der Waals surface area contributed by atoms with E-state index in [0.29, 0.717) is 0 Å². The van der Waals surface area contributed by atoms with Crippen molar-refractivity contribution in [3.63, 3.8) is 0 Å². The Balaban J connectivity index is 1.74. The van der Waals surface area contributed by atoms with Crippen LogP contribution in [0.25, 0.3) is 0 Å². The molecule has 2 aliphatic rings. The summed E-state index contributed by atoms with van der Waals surface area (Å²) in [5, 5.41) is 3.50. The van der Waals surface area contributed by atoms with Gasteiger partial charge in [-0.1, -0.05) is 12.1 Å². The average Bonchev–Trinajstić information content (AvgIpc) is 2.83. The van der Waals surface area contributed by atoms with Crippen LogP contribution in [0.3, 0.4) is 0 Å². The van der Waals surface area contributed by atoms with E-state index in [1.807, 2.05) is 0 Å². The summed E-state index contributed by atoms with van der Waals surface area (Å²) < 4.78 is 0. The monoisotopic (exact) mass is 259 g/mol.